The predicted molar refractivity (Wildman–Crippen MR) is 78.5 cm³/mol. The number of aromatic nitrogens is 3. The summed E-state index contributed by atoms with van der Waals surface area (Å²) in [6.07, 6.45) is 8.44. The summed E-state index contributed by atoms with van der Waals surface area (Å²) < 4.78 is 1.97. The van der Waals surface area contributed by atoms with Gasteiger partial charge in [0.15, 0.2) is 17.4 Å². The summed E-state index contributed by atoms with van der Waals surface area (Å²) in [6.45, 7) is 0.588. The van der Waals surface area contributed by atoms with Gasteiger partial charge in [0.2, 0.25) is 0 Å². The standard InChI is InChI=1S/C14H18N6/c1-15-14(17-11-6-2-3-7-11)16-10-13-19-18-12-8-4-5-9-20(12)13/h2-5,8-9,11H,6-7,10H2,1H3,(H2,15,16,17). The number of pyridine rings is 1. The number of nitrogens with zero attached hydrogens (tertiary/aromatic N) is 4. The quantitative estimate of drug-likeness (QED) is 0.498. The zero-order valence-corrected chi connectivity index (χ0v) is 11.5. The first-order valence-electron chi connectivity index (χ1n) is 6.77. The molecule has 0 bridgehead atoms. The van der Waals surface area contributed by atoms with Crippen LogP contribution in [0.1, 0.15) is 18.7 Å². The van der Waals surface area contributed by atoms with Crippen molar-refractivity contribution in [1.82, 2.24) is 25.2 Å². The van der Waals surface area contributed by atoms with Crippen molar-refractivity contribution in [2.75, 3.05) is 7.05 Å². The van der Waals surface area contributed by atoms with Crippen LogP contribution in [0.5, 0.6) is 0 Å². The van der Waals surface area contributed by atoms with Crippen LogP contribution in [-0.4, -0.2) is 33.6 Å². The Morgan fingerprint density at radius 3 is 3.00 bits per heavy atom. The van der Waals surface area contributed by atoms with E-state index in [1.165, 1.54) is 0 Å². The highest BCUT2D eigenvalue weighted by Crippen LogP contribution is 2.08. The van der Waals surface area contributed by atoms with Gasteiger partial charge in [0.1, 0.15) is 0 Å². The molecule has 2 heterocycles. The fraction of sp³-hybridized carbons (Fsp3) is 0.357. The SMILES string of the molecule is CN=C(NCc1nnc2ccccn12)NC1CC=CC1. The van der Waals surface area contributed by atoms with E-state index in [0.717, 1.165) is 30.3 Å². The molecule has 1 aliphatic carbocycles. The Morgan fingerprint density at radius 1 is 1.35 bits per heavy atom. The van der Waals surface area contributed by atoms with Gasteiger partial charge in [-0.1, -0.05) is 18.2 Å². The number of aliphatic imine (C=N–C) groups is 1. The van der Waals surface area contributed by atoms with Crippen molar-refractivity contribution < 1.29 is 0 Å². The largest absolute Gasteiger partial charge is 0.353 e. The van der Waals surface area contributed by atoms with Crippen molar-refractivity contribution in [2.24, 2.45) is 4.99 Å². The van der Waals surface area contributed by atoms with Crippen LogP contribution in [0.4, 0.5) is 0 Å². The third-order valence-electron chi connectivity index (χ3n) is 3.37. The molecule has 0 radical (unpaired) electrons. The number of rotatable bonds is 3. The lowest BCUT2D eigenvalue weighted by molar-refractivity contribution is 0.629. The van der Waals surface area contributed by atoms with Crippen LogP contribution < -0.4 is 10.6 Å². The molecule has 6 nitrogen and oxygen atoms in total. The molecule has 2 aromatic heterocycles. The second-order valence-corrected chi connectivity index (χ2v) is 4.75. The molecule has 0 spiro atoms. The third kappa shape index (κ3) is 2.64. The summed E-state index contributed by atoms with van der Waals surface area (Å²) in [5.41, 5.74) is 0.854. The molecule has 0 atom stereocenters. The lowest BCUT2D eigenvalue weighted by atomic mass is 10.2. The molecule has 2 aromatic rings. The Kier molecular flexibility index (Phi) is 3.62. The molecule has 1 aliphatic rings. The molecule has 0 saturated heterocycles. The minimum atomic E-state index is 0.441. The van der Waals surface area contributed by atoms with Gasteiger partial charge in [-0.05, 0) is 25.0 Å². The number of hydrogen-bond donors (Lipinski definition) is 2. The molecule has 0 fully saturated rings. The first-order chi connectivity index (χ1) is 9.86. The number of nitrogens with one attached hydrogen (secondary N) is 2. The van der Waals surface area contributed by atoms with Crippen molar-refractivity contribution in [3.63, 3.8) is 0 Å². The smallest absolute Gasteiger partial charge is 0.191 e. The van der Waals surface area contributed by atoms with Crippen LogP contribution in [0.2, 0.25) is 0 Å². The highest BCUT2D eigenvalue weighted by molar-refractivity contribution is 5.80. The summed E-state index contributed by atoms with van der Waals surface area (Å²) in [5.74, 6) is 1.67. The number of guanidine groups is 1. The van der Waals surface area contributed by atoms with Crippen LogP contribution in [-0.2, 0) is 6.54 Å². The molecule has 0 unspecified atom stereocenters. The topological polar surface area (TPSA) is 66.6 Å². The van der Waals surface area contributed by atoms with E-state index in [0.29, 0.717) is 12.6 Å². The Bertz CT molecular complexity index is 634. The zero-order valence-electron chi connectivity index (χ0n) is 11.5. The van der Waals surface area contributed by atoms with E-state index < -0.39 is 0 Å². The van der Waals surface area contributed by atoms with Crippen LogP contribution in [0.15, 0.2) is 41.5 Å². The van der Waals surface area contributed by atoms with E-state index in [1.807, 2.05) is 28.8 Å². The van der Waals surface area contributed by atoms with Crippen LogP contribution >= 0.6 is 0 Å². The monoisotopic (exact) mass is 270 g/mol. The molecular weight excluding hydrogens is 252 g/mol. The van der Waals surface area contributed by atoms with Crippen LogP contribution in [0.3, 0.4) is 0 Å². The van der Waals surface area contributed by atoms with E-state index in [-0.39, 0.29) is 0 Å². The maximum atomic E-state index is 4.24. The lowest BCUT2D eigenvalue weighted by Crippen LogP contribution is -2.42. The van der Waals surface area contributed by atoms with Crippen molar-refractivity contribution in [3.05, 3.63) is 42.4 Å². The molecule has 0 saturated carbocycles. The van der Waals surface area contributed by atoms with E-state index >= 15 is 0 Å². The van der Waals surface area contributed by atoms with Crippen molar-refractivity contribution in [3.8, 4) is 0 Å². The summed E-state index contributed by atoms with van der Waals surface area (Å²) in [5, 5.41) is 15.0. The van der Waals surface area contributed by atoms with E-state index in [2.05, 4.69) is 38.0 Å². The third-order valence-corrected chi connectivity index (χ3v) is 3.37. The Hall–Kier alpha value is -2.37. The van der Waals surface area contributed by atoms with Gasteiger partial charge in [0, 0.05) is 19.3 Å². The minimum absolute atomic E-state index is 0.441. The predicted octanol–water partition coefficient (Wildman–Crippen LogP) is 1.11. The van der Waals surface area contributed by atoms with Gasteiger partial charge in [0.25, 0.3) is 0 Å². The molecule has 20 heavy (non-hydrogen) atoms. The van der Waals surface area contributed by atoms with Gasteiger partial charge in [-0.15, -0.1) is 10.2 Å². The molecule has 6 heteroatoms. The molecular formula is C14H18N6. The highest BCUT2D eigenvalue weighted by atomic mass is 15.3. The highest BCUT2D eigenvalue weighted by Gasteiger charge is 2.12. The number of hydrogen-bond acceptors (Lipinski definition) is 3. The van der Waals surface area contributed by atoms with E-state index in [9.17, 15) is 0 Å². The summed E-state index contributed by atoms with van der Waals surface area (Å²) in [7, 11) is 1.78. The first kappa shape index (κ1) is 12.7. The van der Waals surface area contributed by atoms with E-state index in [1.54, 1.807) is 7.05 Å². The van der Waals surface area contributed by atoms with Crippen molar-refractivity contribution >= 4 is 11.6 Å². The zero-order chi connectivity index (χ0) is 13.8. The second kappa shape index (κ2) is 5.73. The van der Waals surface area contributed by atoms with E-state index in [4.69, 9.17) is 0 Å². The average Bonchev–Trinajstić information content (AvgIpc) is 3.13. The molecule has 104 valence electrons. The fourth-order valence-corrected chi connectivity index (χ4v) is 2.30. The van der Waals surface area contributed by atoms with Gasteiger partial charge in [-0.2, -0.15) is 0 Å². The fourth-order valence-electron chi connectivity index (χ4n) is 2.30. The molecule has 0 aliphatic heterocycles. The van der Waals surface area contributed by atoms with Crippen LogP contribution in [0.25, 0.3) is 5.65 Å². The molecule has 2 N–H and O–H groups in total. The van der Waals surface area contributed by atoms with Crippen LogP contribution in [0, 0.1) is 0 Å². The summed E-state index contributed by atoms with van der Waals surface area (Å²) >= 11 is 0. The van der Waals surface area contributed by atoms with Crippen molar-refractivity contribution in [1.29, 1.82) is 0 Å². The van der Waals surface area contributed by atoms with Gasteiger partial charge in [0.05, 0.1) is 6.54 Å². The normalized spacial score (nSPS) is 15.9. The summed E-state index contributed by atoms with van der Waals surface area (Å²) in [6, 6.07) is 6.30. The maximum absolute atomic E-state index is 4.24. The molecule has 0 aromatic carbocycles. The number of fused-ring (bicyclic) bond motifs is 1. The maximum Gasteiger partial charge on any atom is 0.191 e. The van der Waals surface area contributed by atoms with Gasteiger partial charge >= 0.3 is 0 Å². The molecule has 0 amide bonds. The Balaban J connectivity index is 1.62. The second-order valence-electron chi connectivity index (χ2n) is 4.75. The van der Waals surface area contributed by atoms with Gasteiger partial charge < -0.3 is 10.6 Å². The summed E-state index contributed by atoms with van der Waals surface area (Å²) in [4.78, 5) is 4.24. The van der Waals surface area contributed by atoms with Crippen molar-refractivity contribution in [2.45, 2.75) is 25.4 Å². The Labute approximate surface area is 117 Å². The lowest BCUT2D eigenvalue weighted by Gasteiger charge is -2.16. The molecule has 3 rings (SSSR count). The first-order valence-corrected chi connectivity index (χ1v) is 6.77. The average molecular weight is 270 g/mol. The Morgan fingerprint density at radius 2 is 2.20 bits per heavy atom. The van der Waals surface area contributed by atoms with Gasteiger partial charge in [-0.25, -0.2) is 0 Å². The minimum Gasteiger partial charge on any atom is -0.353 e. The van der Waals surface area contributed by atoms with Gasteiger partial charge in [-0.3, -0.25) is 9.39 Å².